The van der Waals surface area contributed by atoms with E-state index in [4.69, 9.17) is 9.47 Å². The van der Waals surface area contributed by atoms with Crippen molar-refractivity contribution in [3.8, 4) is 22.6 Å². The van der Waals surface area contributed by atoms with Gasteiger partial charge in [0.1, 0.15) is 18.1 Å². The van der Waals surface area contributed by atoms with Crippen LogP contribution >= 0.6 is 0 Å². The van der Waals surface area contributed by atoms with Crippen LogP contribution in [0.2, 0.25) is 0 Å². The minimum absolute atomic E-state index is 0.0987. The third kappa shape index (κ3) is 8.33. The molecule has 3 rings (SSSR count). The molecule has 0 spiro atoms. The number of hydrogen-bond donors (Lipinski definition) is 2. The number of amides is 1. The summed E-state index contributed by atoms with van der Waals surface area (Å²) in [5, 5.41) is 5.73. The van der Waals surface area contributed by atoms with Crippen LogP contribution in [0.5, 0.6) is 11.5 Å². The fourth-order valence-electron chi connectivity index (χ4n) is 3.55. The second kappa shape index (κ2) is 12.3. The van der Waals surface area contributed by atoms with Crippen LogP contribution in [0.3, 0.4) is 0 Å². The number of hydrogen-bond acceptors (Lipinski definition) is 4. The Labute approximate surface area is 203 Å². The van der Waals surface area contributed by atoms with Crippen molar-refractivity contribution in [3.05, 3.63) is 83.4 Å². The maximum Gasteiger partial charge on any atom is 0.422 e. The smallest absolute Gasteiger partial charge is 0.422 e. The molecule has 0 heterocycles. The molecule has 0 aliphatic rings. The Kier molecular flexibility index (Phi) is 9.14. The molecule has 8 heteroatoms. The molecule has 1 amide bonds. The molecule has 0 bridgehead atoms. The molecule has 0 radical (unpaired) electrons. The van der Waals surface area contributed by atoms with Crippen LogP contribution in [0.25, 0.3) is 11.1 Å². The lowest BCUT2D eigenvalue weighted by molar-refractivity contribution is -0.153. The van der Waals surface area contributed by atoms with Gasteiger partial charge in [0.2, 0.25) is 5.91 Å². The predicted octanol–water partition coefficient (Wildman–Crippen LogP) is 5.41. The summed E-state index contributed by atoms with van der Waals surface area (Å²) in [5.74, 6) is 0.363. The summed E-state index contributed by atoms with van der Waals surface area (Å²) in [6, 6.07) is 20.9. The van der Waals surface area contributed by atoms with Gasteiger partial charge in [0.25, 0.3) is 0 Å². The van der Waals surface area contributed by atoms with Gasteiger partial charge in [0.15, 0.2) is 6.61 Å². The molecule has 0 aromatic heterocycles. The summed E-state index contributed by atoms with van der Waals surface area (Å²) in [6.07, 6.45) is -4.46. The van der Waals surface area contributed by atoms with Gasteiger partial charge in [-0.15, -0.1) is 0 Å². The predicted molar refractivity (Wildman–Crippen MR) is 129 cm³/mol. The molecular weight excluding hydrogens is 457 g/mol. The van der Waals surface area contributed by atoms with Crippen molar-refractivity contribution in [2.24, 2.45) is 0 Å². The van der Waals surface area contributed by atoms with Gasteiger partial charge < -0.3 is 20.1 Å². The van der Waals surface area contributed by atoms with E-state index in [1.54, 1.807) is 12.1 Å². The largest absolute Gasteiger partial charge is 0.489 e. The van der Waals surface area contributed by atoms with Crippen molar-refractivity contribution < 1.29 is 27.4 Å². The minimum Gasteiger partial charge on any atom is -0.489 e. The Hall–Kier alpha value is -3.52. The van der Waals surface area contributed by atoms with E-state index in [0.717, 1.165) is 22.3 Å². The number of rotatable bonds is 11. The van der Waals surface area contributed by atoms with Crippen molar-refractivity contribution in [1.82, 2.24) is 10.6 Å². The zero-order valence-electron chi connectivity index (χ0n) is 19.7. The lowest BCUT2D eigenvalue weighted by atomic mass is 9.97. The number of ether oxygens (including phenoxy) is 2. The van der Waals surface area contributed by atoms with Gasteiger partial charge in [-0.1, -0.05) is 54.6 Å². The van der Waals surface area contributed by atoms with Crippen LogP contribution in [0.4, 0.5) is 13.2 Å². The topological polar surface area (TPSA) is 59.6 Å². The molecule has 5 nitrogen and oxygen atoms in total. The Morgan fingerprint density at radius 2 is 1.69 bits per heavy atom. The van der Waals surface area contributed by atoms with Gasteiger partial charge in [-0.3, -0.25) is 4.79 Å². The highest BCUT2D eigenvalue weighted by molar-refractivity contribution is 5.72. The summed E-state index contributed by atoms with van der Waals surface area (Å²) >= 11 is 0. The van der Waals surface area contributed by atoms with Gasteiger partial charge >= 0.3 is 6.18 Å². The van der Waals surface area contributed by atoms with Crippen LogP contribution < -0.4 is 20.1 Å². The van der Waals surface area contributed by atoms with Gasteiger partial charge in [-0.2, -0.15) is 13.2 Å². The highest BCUT2D eigenvalue weighted by Crippen LogP contribution is 2.29. The first-order valence-electron chi connectivity index (χ1n) is 11.3. The van der Waals surface area contributed by atoms with E-state index in [0.29, 0.717) is 24.4 Å². The fourth-order valence-corrected chi connectivity index (χ4v) is 3.55. The maximum absolute atomic E-state index is 12.8. The van der Waals surface area contributed by atoms with E-state index in [1.165, 1.54) is 13.0 Å². The highest BCUT2D eigenvalue weighted by atomic mass is 19.4. The Morgan fingerprint density at radius 1 is 0.914 bits per heavy atom. The van der Waals surface area contributed by atoms with E-state index in [1.807, 2.05) is 55.5 Å². The number of benzene rings is 3. The van der Waals surface area contributed by atoms with Gasteiger partial charge in [0, 0.05) is 38.2 Å². The Morgan fingerprint density at radius 3 is 2.40 bits per heavy atom. The normalized spacial score (nSPS) is 11.2. The van der Waals surface area contributed by atoms with Crippen molar-refractivity contribution >= 4 is 5.91 Å². The summed E-state index contributed by atoms with van der Waals surface area (Å²) in [5.41, 5.74) is 4.82. The molecule has 0 saturated heterocycles. The molecule has 3 aromatic rings. The highest BCUT2D eigenvalue weighted by Gasteiger charge is 2.29. The van der Waals surface area contributed by atoms with Crippen LogP contribution in [0.15, 0.2) is 66.7 Å². The molecule has 2 N–H and O–H groups in total. The van der Waals surface area contributed by atoms with Crippen molar-refractivity contribution in [3.63, 3.8) is 0 Å². The van der Waals surface area contributed by atoms with Crippen LogP contribution in [0, 0.1) is 6.92 Å². The molecule has 0 aliphatic carbocycles. The third-order valence-electron chi connectivity index (χ3n) is 5.35. The lowest BCUT2D eigenvalue weighted by Gasteiger charge is -2.17. The number of carbonyl (C=O) groups is 1. The van der Waals surface area contributed by atoms with Gasteiger partial charge in [0.05, 0.1) is 0 Å². The number of halogens is 3. The maximum atomic E-state index is 12.8. The first-order valence-corrected chi connectivity index (χ1v) is 11.3. The number of carbonyl (C=O) groups excluding carboxylic acids is 1. The second-order valence-corrected chi connectivity index (χ2v) is 8.08. The van der Waals surface area contributed by atoms with Crippen LogP contribution in [-0.4, -0.2) is 31.8 Å². The number of nitrogens with one attached hydrogen (secondary N) is 2. The summed E-state index contributed by atoms with van der Waals surface area (Å²) < 4.78 is 49.4. The zero-order valence-corrected chi connectivity index (χ0v) is 19.7. The van der Waals surface area contributed by atoms with E-state index in [2.05, 4.69) is 10.6 Å². The molecule has 35 heavy (non-hydrogen) atoms. The monoisotopic (exact) mass is 486 g/mol. The molecule has 0 saturated carbocycles. The first kappa shape index (κ1) is 26.1. The van der Waals surface area contributed by atoms with Gasteiger partial charge in [-0.25, -0.2) is 0 Å². The molecule has 186 valence electrons. The molecule has 0 unspecified atom stereocenters. The standard InChI is InChI=1S/C27H29F3N2O3/c1-19-23(9-6-10-25(19)21-7-4-3-5-8-21)17-34-24-12-11-22(16-31-13-14-32-20(2)33)26(15-24)35-18-27(28,29)30/h3-12,15,31H,13-14,16-18H2,1-2H3,(H,32,33). The van der Waals surface area contributed by atoms with Gasteiger partial charge in [-0.05, 0) is 35.2 Å². The molecular formula is C27H29F3N2O3. The summed E-state index contributed by atoms with van der Waals surface area (Å²) in [7, 11) is 0. The van der Waals surface area contributed by atoms with Crippen molar-refractivity contribution in [1.29, 1.82) is 0 Å². The molecule has 3 aromatic carbocycles. The van der Waals surface area contributed by atoms with E-state index in [-0.39, 0.29) is 24.8 Å². The third-order valence-corrected chi connectivity index (χ3v) is 5.35. The fraction of sp³-hybridized carbons (Fsp3) is 0.296. The molecule has 0 atom stereocenters. The van der Waals surface area contributed by atoms with Crippen LogP contribution in [-0.2, 0) is 17.9 Å². The number of alkyl halides is 3. The first-order chi connectivity index (χ1) is 16.7. The molecule has 0 aliphatic heterocycles. The van der Waals surface area contributed by atoms with E-state index in [9.17, 15) is 18.0 Å². The summed E-state index contributed by atoms with van der Waals surface area (Å²) in [6.45, 7) is 3.47. The average Bonchev–Trinajstić information content (AvgIpc) is 2.82. The van der Waals surface area contributed by atoms with Crippen LogP contribution in [0.1, 0.15) is 23.6 Å². The Balaban J connectivity index is 1.70. The SMILES string of the molecule is CC(=O)NCCNCc1ccc(OCc2cccc(-c3ccccc3)c2C)cc1OCC(F)(F)F. The second-order valence-electron chi connectivity index (χ2n) is 8.08. The Bertz CT molecular complexity index is 1120. The van der Waals surface area contributed by atoms with E-state index < -0.39 is 12.8 Å². The lowest BCUT2D eigenvalue weighted by Crippen LogP contribution is -2.30. The molecule has 0 fully saturated rings. The van der Waals surface area contributed by atoms with E-state index >= 15 is 0 Å². The van der Waals surface area contributed by atoms with Crippen molar-refractivity contribution in [2.75, 3.05) is 19.7 Å². The zero-order chi connectivity index (χ0) is 25.3. The summed E-state index contributed by atoms with van der Waals surface area (Å²) in [4.78, 5) is 10.9. The minimum atomic E-state index is -4.46. The average molecular weight is 487 g/mol. The quantitative estimate of drug-likeness (QED) is 0.356. The van der Waals surface area contributed by atoms with Crippen molar-refractivity contribution in [2.45, 2.75) is 33.2 Å².